The van der Waals surface area contributed by atoms with Gasteiger partial charge in [-0.25, -0.2) is 9.18 Å². The normalized spacial score (nSPS) is 10.6. The van der Waals surface area contributed by atoms with E-state index in [1.165, 1.54) is 36.4 Å². The van der Waals surface area contributed by atoms with E-state index in [0.717, 1.165) is 0 Å². The summed E-state index contributed by atoms with van der Waals surface area (Å²) in [6, 6.07) is 9.47. The van der Waals surface area contributed by atoms with Crippen LogP contribution in [0.1, 0.15) is 16.1 Å². The number of rotatable bonds is 5. The number of nitro benzene ring substituents is 1. The van der Waals surface area contributed by atoms with Gasteiger partial charge in [-0.3, -0.25) is 14.9 Å². The minimum atomic E-state index is -0.901. The number of fused-ring (bicyclic) bond motifs is 1. The topological polar surface area (TPSA) is 112 Å². The third kappa shape index (κ3) is 3.76. The molecule has 1 aromatic heterocycles. The minimum Gasteiger partial charge on any atom is -0.450 e. The summed E-state index contributed by atoms with van der Waals surface area (Å²) in [5.41, 5.74) is 0.540. The predicted octanol–water partition coefficient (Wildman–Crippen LogP) is 3.58. The maximum atomic E-state index is 13.7. The van der Waals surface area contributed by atoms with Gasteiger partial charge in [0.2, 0.25) is 5.76 Å². The smallest absolute Gasteiger partial charge is 0.375 e. The highest BCUT2D eigenvalue weighted by Gasteiger charge is 2.21. The van der Waals surface area contributed by atoms with Gasteiger partial charge in [0.1, 0.15) is 0 Å². The molecule has 3 aromatic rings. The number of esters is 1. The summed E-state index contributed by atoms with van der Waals surface area (Å²) in [6.07, 6.45) is 0. The summed E-state index contributed by atoms with van der Waals surface area (Å²) in [5, 5.41) is 13.5. The molecule has 0 aliphatic rings. The van der Waals surface area contributed by atoms with E-state index in [4.69, 9.17) is 9.15 Å². The lowest BCUT2D eigenvalue weighted by Crippen LogP contribution is -2.21. The summed E-state index contributed by atoms with van der Waals surface area (Å²) in [7, 11) is 0. The number of nitrogens with zero attached hydrogens (tertiary/aromatic N) is 1. The predicted molar refractivity (Wildman–Crippen MR) is 92.9 cm³/mol. The van der Waals surface area contributed by atoms with Gasteiger partial charge in [-0.15, -0.1) is 0 Å². The highest BCUT2D eigenvalue weighted by molar-refractivity contribution is 5.98. The molecule has 2 aromatic carbocycles. The Morgan fingerprint density at radius 3 is 2.56 bits per heavy atom. The molecule has 0 bridgehead atoms. The van der Waals surface area contributed by atoms with Crippen LogP contribution in [0.2, 0.25) is 0 Å². The molecule has 0 radical (unpaired) electrons. The number of anilines is 1. The first kappa shape index (κ1) is 18.1. The number of aryl methyl sites for hydroxylation is 1. The van der Waals surface area contributed by atoms with Gasteiger partial charge in [-0.1, -0.05) is 12.1 Å². The van der Waals surface area contributed by atoms with E-state index in [9.17, 15) is 24.1 Å². The number of ether oxygens (including phenoxy) is 1. The highest BCUT2D eigenvalue weighted by atomic mass is 19.1. The van der Waals surface area contributed by atoms with Crippen molar-refractivity contribution in [1.82, 2.24) is 0 Å². The van der Waals surface area contributed by atoms with Gasteiger partial charge in [0.05, 0.1) is 4.92 Å². The number of nitrogens with one attached hydrogen (secondary N) is 1. The monoisotopic (exact) mass is 372 g/mol. The van der Waals surface area contributed by atoms with Crippen LogP contribution in [0, 0.1) is 22.9 Å². The third-order valence-electron chi connectivity index (χ3n) is 3.80. The lowest BCUT2D eigenvalue weighted by Gasteiger charge is -2.06. The van der Waals surface area contributed by atoms with Crippen LogP contribution < -0.4 is 5.32 Å². The maximum absolute atomic E-state index is 13.7. The number of nitro groups is 1. The van der Waals surface area contributed by atoms with E-state index < -0.39 is 29.2 Å². The lowest BCUT2D eigenvalue weighted by atomic mass is 10.1. The first-order chi connectivity index (χ1) is 12.9. The van der Waals surface area contributed by atoms with E-state index in [-0.39, 0.29) is 17.0 Å². The highest BCUT2D eigenvalue weighted by Crippen LogP contribution is 2.27. The molecule has 9 heteroatoms. The van der Waals surface area contributed by atoms with Crippen LogP contribution in [-0.4, -0.2) is 23.4 Å². The molecule has 0 saturated heterocycles. The van der Waals surface area contributed by atoms with E-state index in [1.54, 1.807) is 13.0 Å². The molecule has 0 saturated carbocycles. The summed E-state index contributed by atoms with van der Waals surface area (Å²) in [5.74, 6) is -2.33. The van der Waals surface area contributed by atoms with Gasteiger partial charge >= 0.3 is 5.97 Å². The fourth-order valence-corrected chi connectivity index (χ4v) is 2.46. The number of carbonyl (C=O) groups excluding carboxylic acids is 2. The van der Waals surface area contributed by atoms with Crippen molar-refractivity contribution in [2.45, 2.75) is 6.92 Å². The summed E-state index contributed by atoms with van der Waals surface area (Å²) in [6.45, 7) is 0.980. The van der Waals surface area contributed by atoms with Crippen molar-refractivity contribution >= 4 is 34.2 Å². The first-order valence-corrected chi connectivity index (χ1v) is 7.76. The second-order valence-corrected chi connectivity index (χ2v) is 5.60. The van der Waals surface area contributed by atoms with E-state index in [1.807, 2.05) is 0 Å². The number of amides is 1. The second-order valence-electron chi connectivity index (χ2n) is 5.60. The van der Waals surface area contributed by atoms with Crippen LogP contribution in [0.4, 0.5) is 15.8 Å². The third-order valence-corrected chi connectivity index (χ3v) is 3.80. The molecule has 1 N–H and O–H groups in total. The van der Waals surface area contributed by atoms with Crippen molar-refractivity contribution in [1.29, 1.82) is 0 Å². The molecule has 0 aliphatic carbocycles. The molecule has 3 rings (SSSR count). The molecule has 0 spiro atoms. The molecule has 1 heterocycles. The maximum Gasteiger partial charge on any atom is 0.375 e. The van der Waals surface area contributed by atoms with Crippen molar-refractivity contribution in [3.05, 3.63) is 69.7 Å². The Balaban J connectivity index is 1.63. The zero-order chi connectivity index (χ0) is 19.6. The Kier molecular flexibility index (Phi) is 4.84. The van der Waals surface area contributed by atoms with Gasteiger partial charge < -0.3 is 14.5 Å². The first-order valence-electron chi connectivity index (χ1n) is 7.76. The Morgan fingerprint density at radius 1 is 1.22 bits per heavy atom. The molecule has 0 aliphatic heterocycles. The standard InChI is InChI=1S/C18H13FN2O6/c1-10-13-3-2-4-14(19)17(13)27-16(10)18(23)26-9-15(22)20-11-5-7-12(8-6-11)21(24)25/h2-8H,9H2,1H3,(H,20,22). The molecule has 138 valence electrons. The number of carbonyl (C=O) groups is 2. The minimum absolute atomic E-state index is 0.0581. The number of para-hydroxylation sites is 1. The molecular weight excluding hydrogens is 359 g/mol. The Bertz CT molecular complexity index is 1040. The lowest BCUT2D eigenvalue weighted by molar-refractivity contribution is -0.384. The number of hydrogen-bond donors (Lipinski definition) is 1. The summed E-state index contributed by atoms with van der Waals surface area (Å²) >= 11 is 0. The number of benzene rings is 2. The quantitative estimate of drug-likeness (QED) is 0.416. The van der Waals surface area contributed by atoms with Gasteiger partial charge in [0, 0.05) is 28.8 Å². The van der Waals surface area contributed by atoms with Crippen molar-refractivity contribution in [3.63, 3.8) is 0 Å². The van der Waals surface area contributed by atoms with Crippen LogP contribution in [0.15, 0.2) is 46.9 Å². The number of halogens is 1. The van der Waals surface area contributed by atoms with Crippen molar-refractivity contribution < 1.29 is 28.1 Å². The fourth-order valence-electron chi connectivity index (χ4n) is 2.46. The van der Waals surface area contributed by atoms with Crippen molar-refractivity contribution in [2.24, 2.45) is 0 Å². The van der Waals surface area contributed by atoms with Gasteiger partial charge in [0.15, 0.2) is 18.0 Å². The molecule has 1 amide bonds. The second kappa shape index (κ2) is 7.24. The van der Waals surface area contributed by atoms with Crippen LogP contribution in [0.5, 0.6) is 0 Å². The molecule has 0 atom stereocenters. The largest absolute Gasteiger partial charge is 0.450 e. The zero-order valence-electron chi connectivity index (χ0n) is 14.0. The van der Waals surface area contributed by atoms with Crippen LogP contribution >= 0.6 is 0 Å². The molecular formula is C18H13FN2O6. The van der Waals surface area contributed by atoms with E-state index >= 15 is 0 Å². The van der Waals surface area contributed by atoms with Crippen LogP contribution in [0.3, 0.4) is 0 Å². The zero-order valence-corrected chi connectivity index (χ0v) is 14.0. The van der Waals surface area contributed by atoms with Gasteiger partial charge in [0.25, 0.3) is 11.6 Å². The van der Waals surface area contributed by atoms with Crippen LogP contribution in [-0.2, 0) is 9.53 Å². The Hall–Kier alpha value is -3.75. The molecule has 0 fully saturated rings. The number of non-ortho nitro benzene ring substituents is 1. The van der Waals surface area contributed by atoms with E-state index in [2.05, 4.69) is 5.32 Å². The van der Waals surface area contributed by atoms with Crippen molar-refractivity contribution in [3.8, 4) is 0 Å². The van der Waals surface area contributed by atoms with E-state index in [0.29, 0.717) is 16.6 Å². The Labute approximate surface area is 151 Å². The fraction of sp³-hybridized carbons (Fsp3) is 0.111. The SMILES string of the molecule is Cc1c(C(=O)OCC(=O)Nc2ccc([N+](=O)[O-])cc2)oc2c(F)cccc12. The average Bonchev–Trinajstić information content (AvgIpc) is 2.98. The summed E-state index contributed by atoms with van der Waals surface area (Å²) in [4.78, 5) is 34.0. The summed E-state index contributed by atoms with van der Waals surface area (Å²) < 4.78 is 23.9. The van der Waals surface area contributed by atoms with Gasteiger partial charge in [-0.05, 0) is 25.1 Å². The number of hydrogen-bond acceptors (Lipinski definition) is 6. The molecule has 8 nitrogen and oxygen atoms in total. The Morgan fingerprint density at radius 2 is 1.93 bits per heavy atom. The van der Waals surface area contributed by atoms with Crippen LogP contribution in [0.25, 0.3) is 11.0 Å². The number of furan rings is 1. The average molecular weight is 372 g/mol. The van der Waals surface area contributed by atoms with Gasteiger partial charge in [-0.2, -0.15) is 0 Å². The molecule has 27 heavy (non-hydrogen) atoms. The van der Waals surface area contributed by atoms with Crippen molar-refractivity contribution in [2.75, 3.05) is 11.9 Å². The molecule has 0 unspecified atom stereocenters.